The average Bonchev–Trinajstić information content (AvgIpc) is 3.44. The van der Waals surface area contributed by atoms with Gasteiger partial charge in [0, 0.05) is 16.5 Å². The van der Waals surface area contributed by atoms with Crippen molar-refractivity contribution in [2.24, 2.45) is 5.92 Å². The number of methoxy groups -OCH3 is 2. The fraction of sp³-hybridized carbons (Fsp3) is 0.250. The van der Waals surface area contributed by atoms with Crippen molar-refractivity contribution in [3.8, 4) is 11.5 Å². The van der Waals surface area contributed by atoms with Crippen molar-refractivity contribution in [1.29, 1.82) is 0 Å². The molecule has 3 amide bonds. The third-order valence-corrected chi connectivity index (χ3v) is 10.4. The topological polar surface area (TPSA) is 107 Å². The van der Waals surface area contributed by atoms with Gasteiger partial charge in [0.05, 0.1) is 30.9 Å². The maximum atomic E-state index is 14.1. The van der Waals surface area contributed by atoms with E-state index in [0.717, 1.165) is 22.5 Å². The maximum Gasteiger partial charge on any atom is 0.308 e. The summed E-state index contributed by atoms with van der Waals surface area (Å²) in [5, 5.41) is 2.61. The molecule has 43 heavy (non-hydrogen) atoms. The number of thioether (sulfide) groups is 1. The van der Waals surface area contributed by atoms with Crippen LogP contribution in [0.5, 0.6) is 11.5 Å². The van der Waals surface area contributed by atoms with Crippen LogP contribution in [0.15, 0.2) is 76.6 Å². The lowest BCUT2D eigenvalue weighted by atomic mass is 9.83. The zero-order chi connectivity index (χ0) is 30.4. The highest BCUT2D eigenvalue weighted by atomic mass is 32.2. The molecule has 2 aliphatic heterocycles. The number of fused-ring (bicyclic) bond motifs is 2. The molecule has 2 unspecified atom stereocenters. The van der Waals surface area contributed by atoms with E-state index >= 15 is 0 Å². The Morgan fingerprint density at radius 1 is 0.907 bits per heavy atom. The minimum absolute atomic E-state index is 0.230. The van der Waals surface area contributed by atoms with Crippen LogP contribution in [0.1, 0.15) is 27.5 Å². The van der Waals surface area contributed by atoms with E-state index in [1.165, 1.54) is 35.4 Å². The Hall–Kier alpha value is -4.35. The quantitative estimate of drug-likeness (QED) is 0.293. The molecule has 1 fully saturated rings. The molecule has 2 aliphatic rings. The largest absolute Gasteiger partial charge is 0.493 e. The van der Waals surface area contributed by atoms with Crippen LogP contribution in [-0.2, 0) is 20.9 Å². The molecule has 4 aromatic rings. The number of hydrogen-bond donors (Lipinski definition) is 1. The lowest BCUT2D eigenvalue weighted by molar-refractivity contribution is -0.122. The molecule has 3 aromatic carbocycles. The molecule has 0 aliphatic carbocycles. The van der Waals surface area contributed by atoms with Crippen LogP contribution in [0.2, 0.25) is 0 Å². The summed E-state index contributed by atoms with van der Waals surface area (Å²) >= 11 is 2.18. The Morgan fingerprint density at radius 3 is 2.33 bits per heavy atom. The van der Waals surface area contributed by atoms with Crippen LogP contribution in [0.4, 0.5) is 11.4 Å². The first-order valence-electron chi connectivity index (χ1n) is 13.6. The number of nitrogens with zero attached hydrogens (tertiary/aromatic N) is 2. The van der Waals surface area contributed by atoms with Gasteiger partial charge in [0.1, 0.15) is 11.8 Å². The Kier molecular flexibility index (Phi) is 7.61. The van der Waals surface area contributed by atoms with E-state index in [0.29, 0.717) is 38.3 Å². The highest BCUT2D eigenvalue weighted by Crippen LogP contribution is 2.54. The SMILES string of the molecule is COc1ccc([C@H]2c3sc(=O)n(CC(=O)Nc4ccccc4C)c3SC3C(=O)N(c4ccc(C)cc4)C(=O)C32)cc1OC. The van der Waals surface area contributed by atoms with Gasteiger partial charge in [0.15, 0.2) is 11.5 Å². The first-order valence-corrected chi connectivity index (χ1v) is 15.3. The lowest BCUT2D eigenvalue weighted by Crippen LogP contribution is -2.33. The molecule has 0 saturated carbocycles. The van der Waals surface area contributed by atoms with Crippen LogP contribution in [0, 0.1) is 19.8 Å². The Balaban J connectivity index is 1.44. The number of ether oxygens (including phenoxy) is 2. The standard InChI is InChI=1S/C32H29N3O6S2/c1-17-9-12-20(13-10-17)35-29(37)26-25(19-11-14-22(40-3)23(15-19)41-4)28-31(42-27(26)30(35)38)34(32(39)43-28)16-24(36)33-21-8-6-5-7-18(21)2/h5-15,25-27H,16H2,1-4H3,(H,33,36)/t25-,26?,27?/m1/s1. The first-order chi connectivity index (χ1) is 20.7. The van der Waals surface area contributed by atoms with E-state index < -0.39 is 17.1 Å². The third-order valence-electron chi connectivity index (χ3n) is 7.83. The molecule has 1 N–H and O–H groups in total. The zero-order valence-corrected chi connectivity index (χ0v) is 25.6. The second-order valence-electron chi connectivity index (χ2n) is 10.5. The molecule has 9 nitrogen and oxygen atoms in total. The number of anilines is 2. The minimum Gasteiger partial charge on any atom is -0.493 e. The number of carbonyl (C=O) groups excluding carboxylic acids is 3. The summed E-state index contributed by atoms with van der Waals surface area (Å²) in [6, 6.07) is 20.0. The second-order valence-corrected chi connectivity index (χ2v) is 12.6. The Bertz CT molecular complexity index is 1810. The van der Waals surface area contributed by atoms with E-state index in [1.807, 2.05) is 50.2 Å². The molecule has 6 rings (SSSR count). The van der Waals surface area contributed by atoms with Crippen molar-refractivity contribution in [3.05, 3.63) is 98.0 Å². The molecule has 220 valence electrons. The number of imide groups is 1. The van der Waals surface area contributed by atoms with Gasteiger partial charge in [-0.1, -0.05) is 65.1 Å². The van der Waals surface area contributed by atoms with Crippen molar-refractivity contribution in [1.82, 2.24) is 4.57 Å². The first kappa shape index (κ1) is 28.8. The normalized spacial score (nSPS) is 19.2. The summed E-state index contributed by atoms with van der Waals surface area (Å²) < 4.78 is 12.4. The number of aromatic nitrogens is 1. The summed E-state index contributed by atoms with van der Waals surface area (Å²) in [5.41, 5.74) is 3.77. The van der Waals surface area contributed by atoms with Crippen LogP contribution >= 0.6 is 23.1 Å². The Labute approximate surface area is 256 Å². The molecule has 0 bridgehead atoms. The molecule has 3 heterocycles. The van der Waals surface area contributed by atoms with Crippen molar-refractivity contribution < 1.29 is 23.9 Å². The van der Waals surface area contributed by atoms with E-state index in [2.05, 4.69) is 5.32 Å². The number of nitrogens with one attached hydrogen (secondary N) is 1. The molecule has 0 radical (unpaired) electrons. The monoisotopic (exact) mass is 615 g/mol. The van der Waals surface area contributed by atoms with Gasteiger partial charge in [-0.2, -0.15) is 0 Å². The number of aryl methyl sites for hydroxylation is 2. The number of benzene rings is 3. The predicted molar refractivity (Wildman–Crippen MR) is 167 cm³/mol. The van der Waals surface area contributed by atoms with E-state index in [4.69, 9.17) is 9.47 Å². The average molecular weight is 616 g/mol. The van der Waals surface area contributed by atoms with Crippen molar-refractivity contribution in [2.45, 2.75) is 36.6 Å². The van der Waals surface area contributed by atoms with Gasteiger partial charge in [-0.15, -0.1) is 0 Å². The summed E-state index contributed by atoms with van der Waals surface area (Å²) in [6.07, 6.45) is 0. The number of amides is 3. The van der Waals surface area contributed by atoms with Crippen LogP contribution < -0.4 is 24.6 Å². The van der Waals surface area contributed by atoms with Crippen LogP contribution in [0.25, 0.3) is 0 Å². The fourth-order valence-corrected chi connectivity index (χ4v) is 8.43. The highest BCUT2D eigenvalue weighted by Gasteiger charge is 2.57. The van der Waals surface area contributed by atoms with Crippen LogP contribution in [-0.4, -0.2) is 41.8 Å². The highest BCUT2D eigenvalue weighted by molar-refractivity contribution is 8.00. The van der Waals surface area contributed by atoms with E-state index in [9.17, 15) is 19.2 Å². The van der Waals surface area contributed by atoms with Crippen molar-refractivity contribution in [3.63, 3.8) is 0 Å². The smallest absolute Gasteiger partial charge is 0.308 e. The number of rotatable bonds is 7. The number of thiazole rings is 1. The van der Waals surface area contributed by atoms with Crippen molar-refractivity contribution >= 4 is 52.2 Å². The molecule has 0 spiro atoms. The summed E-state index contributed by atoms with van der Waals surface area (Å²) in [4.78, 5) is 56.2. The van der Waals surface area contributed by atoms with Gasteiger partial charge in [-0.25, -0.2) is 4.90 Å². The second kappa shape index (κ2) is 11.4. The molecular formula is C32H29N3O6S2. The maximum absolute atomic E-state index is 14.1. The van der Waals surface area contributed by atoms with E-state index in [1.54, 1.807) is 30.3 Å². The molecule has 3 atom stereocenters. The molecule has 1 aromatic heterocycles. The molecule has 1 saturated heterocycles. The van der Waals surface area contributed by atoms with Gasteiger partial charge in [0.2, 0.25) is 17.7 Å². The van der Waals surface area contributed by atoms with Gasteiger partial charge in [0.25, 0.3) is 0 Å². The van der Waals surface area contributed by atoms with Gasteiger partial charge in [-0.05, 0) is 55.3 Å². The third kappa shape index (κ3) is 5.02. The Morgan fingerprint density at radius 2 is 1.63 bits per heavy atom. The number of hydrogen-bond acceptors (Lipinski definition) is 8. The number of carbonyl (C=O) groups is 3. The molecular weight excluding hydrogens is 587 g/mol. The fourth-order valence-electron chi connectivity index (χ4n) is 5.66. The zero-order valence-electron chi connectivity index (χ0n) is 24.0. The van der Waals surface area contributed by atoms with Crippen LogP contribution in [0.3, 0.4) is 0 Å². The summed E-state index contributed by atoms with van der Waals surface area (Å²) in [6.45, 7) is 3.60. The van der Waals surface area contributed by atoms with Gasteiger partial charge in [-0.3, -0.25) is 23.7 Å². The number of para-hydroxylation sites is 1. The van der Waals surface area contributed by atoms with Gasteiger partial charge >= 0.3 is 4.87 Å². The predicted octanol–water partition coefficient (Wildman–Crippen LogP) is 4.98. The van der Waals surface area contributed by atoms with E-state index in [-0.39, 0.29) is 29.1 Å². The molecule has 11 heteroatoms. The van der Waals surface area contributed by atoms with Crippen molar-refractivity contribution in [2.75, 3.05) is 24.4 Å². The lowest BCUT2D eigenvalue weighted by Gasteiger charge is -2.31. The summed E-state index contributed by atoms with van der Waals surface area (Å²) in [7, 11) is 3.06. The minimum atomic E-state index is -0.793. The van der Waals surface area contributed by atoms with Gasteiger partial charge < -0.3 is 14.8 Å². The summed E-state index contributed by atoms with van der Waals surface area (Å²) in [5.74, 6) is -1.45.